The number of hydrogen-bond acceptors (Lipinski definition) is 5. The third-order valence-electron chi connectivity index (χ3n) is 6.11. The summed E-state index contributed by atoms with van der Waals surface area (Å²) in [6.07, 6.45) is 13.6. The second kappa shape index (κ2) is 13.7. The largest absolute Gasteiger partial charge is 0.391 e. The number of piperidine rings is 1. The molecule has 1 fully saturated rings. The number of rotatable bonds is 14. The predicted molar refractivity (Wildman–Crippen MR) is 121 cm³/mol. The lowest BCUT2D eigenvalue weighted by Gasteiger charge is -2.28. The van der Waals surface area contributed by atoms with Crippen molar-refractivity contribution in [2.75, 3.05) is 6.54 Å². The van der Waals surface area contributed by atoms with Crippen LogP contribution in [0.3, 0.4) is 0 Å². The van der Waals surface area contributed by atoms with Crippen molar-refractivity contribution >= 4 is 5.78 Å². The van der Waals surface area contributed by atoms with Crippen molar-refractivity contribution in [2.45, 2.75) is 116 Å². The third kappa shape index (κ3) is 7.95. The maximum absolute atomic E-state index is 13.1. The minimum absolute atomic E-state index is 0.0365. The van der Waals surface area contributed by atoms with E-state index in [1.807, 2.05) is 0 Å². The standard InChI is InChI=1S/C24H41N3O3/c1-3-5-7-9-12-20-21(13-10-8-6-4-2)26-18-27(24(20)30)17-19(28)16-22-23(29)14-11-15-25-22/h18,22-23,25,29H,3-17H2,1-2H3/t22?,23-/m0/s1. The van der Waals surface area contributed by atoms with Gasteiger partial charge in [-0.1, -0.05) is 52.4 Å². The molecule has 1 saturated heterocycles. The fraction of sp³-hybridized carbons (Fsp3) is 0.792. The molecule has 1 aliphatic heterocycles. The fourth-order valence-electron chi connectivity index (χ4n) is 4.24. The summed E-state index contributed by atoms with van der Waals surface area (Å²) in [4.78, 5) is 30.3. The maximum atomic E-state index is 13.1. The van der Waals surface area contributed by atoms with E-state index in [4.69, 9.17) is 0 Å². The third-order valence-corrected chi connectivity index (χ3v) is 6.11. The number of Topliss-reactive ketones (excluding diaryl/α,β-unsaturated/α-hetero) is 1. The summed E-state index contributed by atoms with van der Waals surface area (Å²) >= 11 is 0. The number of unbranched alkanes of at least 4 members (excludes halogenated alkanes) is 6. The van der Waals surface area contributed by atoms with Gasteiger partial charge in [-0.05, 0) is 45.1 Å². The number of aromatic nitrogens is 2. The van der Waals surface area contributed by atoms with Crippen LogP contribution in [0, 0.1) is 0 Å². The summed E-state index contributed by atoms with van der Waals surface area (Å²) in [6, 6.07) is -0.207. The van der Waals surface area contributed by atoms with Crippen molar-refractivity contribution in [2.24, 2.45) is 0 Å². The van der Waals surface area contributed by atoms with E-state index in [0.29, 0.717) is 0 Å². The van der Waals surface area contributed by atoms with Gasteiger partial charge in [0.2, 0.25) is 0 Å². The van der Waals surface area contributed by atoms with Gasteiger partial charge in [-0.2, -0.15) is 0 Å². The Morgan fingerprint density at radius 2 is 1.83 bits per heavy atom. The molecule has 30 heavy (non-hydrogen) atoms. The van der Waals surface area contributed by atoms with E-state index in [9.17, 15) is 14.7 Å². The molecule has 0 saturated carbocycles. The zero-order valence-electron chi connectivity index (χ0n) is 19.0. The highest BCUT2D eigenvalue weighted by atomic mass is 16.3. The van der Waals surface area contributed by atoms with E-state index >= 15 is 0 Å². The van der Waals surface area contributed by atoms with Crippen molar-refractivity contribution in [3.05, 3.63) is 27.9 Å². The van der Waals surface area contributed by atoms with Crippen molar-refractivity contribution < 1.29 is 9.90 Å². The van der Waals surface area contributed by atoms with Crippen LogP contribution < -0.4 is 10.9 Å². The van der Waals surface area contributed by atoms with Gasteiger partial charge in [0.05, 0.1) is 24.7 Å². The maximum Gasteiger partial charge on any atom is 0.257 e. The van der Waals surface area contributed by atoms with Crippen LogP contribution in [0.15, 0.2) is 11.1 Å². The van der Waals surface area contributed by atoms with E-state index in [0.717, 1.165) is 75.6 Å². The van der Waals surface area contributed by atoms with E-state index in [1.165, 1.54) is 23.8 Å². The summed E-state index contributed by atoms with van der Waals surface area (Å²) in [5.41, 5.74) is 1.66. The summed E-state index contributed by atoms with van der Waals surface area (Å²) in [5, 5.41) is 13.3. The molecular formula is C24H41N3O3. The van der Waals surface area contributed by atoms with Gasteiger partial charge in [-0.15, -0.1) is 0 Å². The molecule has 2 N–H and O–H groups in total. The van der Waals surface area contributed by atoms with E-state index in [2.05, 4.69) is 24.1 Å². The first-order chi connectivity index (χ1) is 14.6. The van der Waals surface area contributed by atoms with Gasteiger partial charge in [0, 0.05) is 18.0 Å². The molecule has 0 aromatic carbocycles. The molecule has 0 bridgehead atoms. The number of aliphatic hydroxyl groups excluding tert-OH is 1. The predicted octanol–water partition coefficient (Wildman–Crippen LogP) is 3.56. The first kappa shape index (κ1) is 24.7. The van der Waals surface area contributed by atoms with Crippen molar-refractivity contribution in [3.8, 4) is 0 Å². The zero-order chi connectivity index (χ0) is 21.8. The van der Waals surface area contributed by atoms with Gasteiger partial charge >= 0.3 is 0 Å². The first-order valence-electron chi connectivity index (χ1n) is 12.1. The second-order valence-electron chi connectivity index (χ2n) is 8.74. The average Bonchev–Trinajstić information content (AvgIpc) is 2.73. The Morgan fingerprint density at radius 1 is 1.13 bits per heavy atom. The molecule has 2 heterocycles. The summed E-state index contributed by atoms with van der Waals surface area (Å²) in [5.74, 6) is -0.0371. The normalized spacial score (nSPS) is 19.2. The van der Waals surface area contributed by atoms with E-state index in [-0.39, 0.29) is 30.3 Å². The summed E-state index contributed by atoms with van der Waals surface area (Å²) in [6.45, 7) is 5.23. The number of nitrogens with zero attached hydrogens (tertiary/aromatic N) is 2. The van der Waals surface area contributed by atoms with Crippen LogP contribution in [0.5, 0.6) is 0 Å². The lowest BCUT2D eigenvalue weighted by atomic mass is 9.97. The Balaban J connectivity index is 2.06. The quantitative estimate of drug-likeness (QED) is 0.451. The fourth-order valence-corrected chi connectivity index (χ4v) is 4.24. The van der Waals surface area contributed by atoms with Gasteiger partial charge in [-0.3, -0.25) is 14.2 Å². The number of aliphatic hydroxyl groups is 1. The number of carbonyl (C=O) groups excluding carboxylic acids is 1. The van der Waals surface area contributed by atoms with Crippen LogP contribution in [-0.4, -0.2) is 39.1 Å². The molecule has 1 aliphatic rings. The van der Waals surface area contributed by atoms with Crippen LogP contribution in [0.25, 0.3) is 0 Å². The molecule has 0 spiro atoms. The van der Waals surface area contributed by atoms with Gasteiger partial charge < -0.3 is 10.4 Å². The number of aryl methyl sites for hydroxylation is 1. The molecule has 170 valence electrons. The van der Waals surface area contributed by atoms with Crippen LogP contribution in [0.4, 0.5) is 0 Å². The van der Waals surface area contributed by atoms with Gasteiger partial charge in [-0.25, -0.2) is 4.98 Å². The van der Waals surface area contributed by atoms with Gasteiger partial charge in [0.25, 0.3) is 5.56 Å². The van der Waals surface area contributed by atoms with Crippen LogP contribution in [-0.2, 0) is 24.2 Å². The lowest BCUT2D eigenvalue weighted by molar-refractivity contribution is -0.121. The molecule has 1 aromatic heterocycles. The Labute approximate surface area is 181 Å². The second-order valence-corrected chi connectivity index (χ2v) is 8.74. The number of nitrogens with one attached hydrogen (secondary N) is 1. The van der Waals surface area contributed by atoms with E-state index in [1.54, 1.807) is 6.33 Å². The Hall–Kier alpha value is -1.53. The highest BCUT2D eigenvalue weighted by Crippen LogP contribution is 2.14. The number of carbonyl (C=O) groups is 1. The van der Waals surface area contributed by atoms with Crippen molar-refractivity contribution in [1.82, 2.24) is 14.9 Å². The molecule has 1 unspecified atom stereocenters. The minimum atomic E-state index is -0.489. The topological polar surface area (TPSA) is 84.2 Å². The molecule has 0 aliphatic carbocycles. The summed E-state index contributed by atoms with van der Waals surface area (Å²) in [7, 11) is 0. The number of ketones is 1. The highest BCUT2D eigenvalue weighted by molar-refractivity contribution is 5.78. The van der Waals surface area contributed by atoms with E-state index < -0.39 is 6.10 Å². The molecular weight excluding hydrogens is 378 g/mol. The zero-order valence-corrected chi connectivity index (χ0v) is 19.0. The first-order valence-corrected chi connectivity index (χ1v) is 12.1. The van der Waals surface area contributed by atoms with Crippen LogP contribution in [0.2, 0.25) is 0 Å². The monoisotopic (exact) mass is 419 g/mol. The molecule has 6 heteroatoms. The molecule has 2 atom stereocenters. The average molecular weight is 420 g/mol. The molecule has 1 aromatic rings. The SMILES string of the molecule is CCCCCCc1ncn(CC(=O)CC2NCCC[C@@H]2O)c(=O)c1CCCCCC. The van der Waals surface area contributed by atoms with Crippen molar-refractivity contribution in [3.63, 3.8) is 0 Å². The molecule has 0 amide bonds. The Kier molecular flexibility index (Phi) is 11.3. The van der Waals surface area contributed by atoms with Gasteiger partial charge in [0.1, 0.15) is 0 Å². The smallest absolute Gasteiger partial charge is 0.257 e. The molecule has 2 rings (SSSR count). The van der Waals surface area contributed by atoms with Gasteiger partial charge in [0.15, 0.2) is 5.78 Å². The van der Waals surface area contributed by atoms with Crippen LogP contribution in [0.1, 0.15) is 95.7 Å². The lowest BCUT2D eigenvalue weighted by Crippen LogP contribution is -2.46. The Morgan fingerprint density at radius 3 is 2.50 bits per heavy atom. The summed E-state index contributed by atoms with van der Waals surface area (Å²) < 4.78 is 1.47. The van der Waals surface area contributed by atoms with Crippen molar-refractivity contribution in [1.29, 1.82) is 0 Å². The van der Waals surface area contributed by atoms with Crippen LogP contribution >= 0.6 is 0 Å². The minimum Gasteiger partial charge on any atom is -0.391 e. The molecule has 6 nitrogen and oxygen atoms in total. The Bertz CT molecular complexity index is 701. The number of hydrogen-bond donors (Lipinski definition) is 2. The molecule has 0 radical (unpaired) electrons. The highest BCUT2D eigenvalue weighted by Gasteiger charge is 2.25.